The minimum Gasteiger partial charge on any atom is -0.490 e. The van der Waals surface area contributed by atoms with Crippen LogP contribution in [0.3, 0.4) is 0 Å². The van der Waals surface area contributed by atoms with Crippen LogP contribution in [0.25, 0.3) is 11.3 Å². The Morgan fingerprint density at radius 3 is 2.49 bits per heavy atom. The number of piperidine rings is 1. The van der Waals surface area contributed by atoms with Gasteiger partial charge in [-0.1, -0.05) is 40.9 Å². The summed E-state index contributed by atoms with van der Waals surface area (Å²) in [7, 11) is 0. The summed E-state index contributed by atoms with van der Waals surface area (Å²) in [6.07, 6.45) is 1.96. The number of aryl methyl sites for hydroxylation is 1. The largest absolute Gasteiger partial charge is 0.490 e. The predicted molar refractivity (Wildman–Crippen MR) is 155 cm³/mol. The second-order valence-corrected chi connectivity index (χ2v) is 11.7. The first-order valence-corrected chi connectivity index (χ1v) is 14.4. The Hall–Kier alpha value is -2.29. The molecule has 0 aliphatic carbocycles. The molecule has 2 aliphatic rings. The summed E-state index contributed by atoms with van der Waals surface area (Å²) in [5.74, 6) is 0.777. The molecule has 5 rings (SSSR count). The van der Waals surface area contributed by atoms with Crippen LogP contribution in [0, 0.1) is 6.92 Å². The summed E-state index contributed by atoms with van der Waals surface area (Å²) in [5.41, 5.74) is 4.93. The number of halogens is 3. The van der Waals surface area contributed by atoms with Crippen molar-refractivity contribution in [2.75, 3.05) is 26.2 Å². The number of amides is 1. The Labute approximate surface area is 244 Å². The van der Waals surface area contributed by atoms with Crippen LogP contribution in [0.15, 0.2) is 36.4 Å². The van der Waals surface area contributed by atoms with Gasteiger partial charge in [0.05, 0.1) is 28.4 Å². The number of benzene rings is 2. The molecule has 1 N–H and O–H groups in total. The summed E-state index contributed by atoms with van der Waals surface area (Å²) in [4.78, 5) is 16.3. The van der Waals surface area contributed by atoms with Gasteiger partial charge in [0.25, 0.3) is 0 Å². The summed E-state index contributed by atoms with van der Waals surface area (Å²) in [5, 5.41) is 17.7. The van der Waals surface area contributed by atoms with E-state index in [1.54, 1.807) is 19.1 Å². The Bertz CT molecular complexity index is 1350. The topological polar surface area (TPSA) is 70.8 Å². The number of fused-ring (bicyclic) bond motifs is 1. The number of nitrogens with zero attached hydrogens (tertiary/aromatic N) is 4. The molecule has 1 fully saturated rings. The summed E-state index contributed by atoms with van der Waals surface area (Å²) in [6.45, 7) is 7.37. The van der Waals surface area contributed by atoms with Crippen LogP contribution in [0.4, 0.5) is 0 Å². The smallest absolute Gasteiger partial charge is 0.219 e. The highest BCUT2D eigenvalue weighted by Gasteiger charge is 2.29. The highest BCUT2D eigenvalue weighted by Crippen LogP contribution is 2.33. The van der Waals surface area contributed by atoms with E-state index in [-0.39, 0.29) is 12.0 Å². The van der Waals surface area contributed by atoms with Crippen LogP contribution >= 0.6 is 34.8 Å². The van der Waals surface area contributed by atoms with Crippen LogP contribution in [0.2, 0.25) is 15.1 Å². The van der Waals surface area contributed by atoms with Crippen LogP contribution in [-0.4, -0.2) is 69.0 Å². The molecule has 208 valence electrons. The van der Waals surface area contributed by atoms with Gasteiger partial charge in [-0.3, -0.25) is 9.48 Å². The van der Waals surface area contributed by atoms with Gasteiger partial charge < -0.3 is 19.6 Å². The zero-order valence-electron chi connectivity index (χ0n) is 22.2. The van der Waals surface area contributed by atoms with E-state index < -0.39 is 6.10 Å². The number of carbonyl (C=O) groups is 1. The lowest BCUT2D eigenvalue weighted by molar-refractivity contribution is -0.129. The van der Waals surface area contributed by atoms with E-state index in [1.165, 1.54) is 0 Å². The number of aliphatic hydroxyl groups is 1. The van der Waals surface area contributed by atoms with E-state index in [2.05, 4.69) is 4.90 Å². The zero-order chi connectivity index (χ0) is 27.7. The van der Waals surface area contributed by atoms with Crippen LogP contribution in [-0.2, 0) is 24.3 Å². The third-order valence-corrected chi connectivity index (χ3v) is 8.75. The van der Waals surface area contributed by atoms with Crippen molar-refractivity contribution in [3.05, 3.63) is 68.3 Å². The standard InChI is InChI=1S/C29H33Cl3N4O3/c1-18-13-20(3-5-25(18)30)29-24-17-35(19(2)37)12-9-28(24)36(33-29)16-21(38)15-34-10-7-22(8-11-34)39-23-4-6-26(31)27(32)14-23/h3-6,13-14,21-22,38H,7-12,15-17H2,1-2H3. The number of ether oxygens (including phenoxy) is 1. The number of aliphatic hydroxyl groups excluding tert-OH is 1. The quantitative estimate of drug-likeness (QED) is 0.386. The van der Waals surface area contributed by atoms with E-state index in [0.717, 1.165) is 59.8 Å². The monoisotopic (exact) mass is 590 g/mol. The third-order valence-electron chi connectivity index (χ3n) is 7.59. The van der Waals surface area contributed by atoms with Gasteiger partial charge in [0.15, 0.2) is 0 Å². The number of likely N-dealkylation sites (tertiary alicyclic amines) is 1. The number of aromatic nitrogens is 2. The van der Waals surface area contributed by atoms with Gasteiger partial charge in [0.2, 0.25) is 5.91 Å². The Morgan fingerprint density at radius 1 is 1.05 bits per heavy atom. The summed E-state index contributed by atoms with van der Waals surface area (Å²) in [6, 6.07) is 11.2. The molecule has 1 aromatic heterocycles. The minimum absolute atomic E-state index is 0.0539. The fourth-order valence-electron chi connectivity index (χ4n) is 5.44. The number of hydrogen-bond acceptors (Lipinski definition) is 5. The van der Waals surface area contributed by atoms with E-state index >= 15 is 0 Å². The minimum atomic E-state index is -0.577. The van der Waals surface area contributed by atoms with Crippen LogP contribution in [0.5, 0.6) is 5.75 Å². The number of hydrogen-bond donors (Lipinski definition) is 1. The fraction of sp³-hybridized carbons (Fsp3) is 0.448. The van der Waals surface area contributed by atoms with Gasteiger partial charge in [-0.15, -0.1) is 0 Å². The first-order valence-electron chi connectivity index (χ1n) is 13.3. The van der Waals surface area contributed by atoms with Crippen molar-refractivity contribution < 1.29 is 14.6 Å². The first-order chi connectivity index (χ1) is 18.7. The number of carbonyl (C=O) groups excluding carboxylic acids is 1. The molecule has 1 unspecified atom stereocenters. The normalized spacial score (nSPS) is 17.2. The maximum atomic E-state index is 12.1. The molecule has 7 nitrogen and oxygen atoms in total. The van der Waals surface area contributed by atoms with Gasteiger partial charge in [0.1, 0.15) is 11.9 Å². The average Bonchev–Trinajstić information content (AvgIpc) is 3.26. The maximum Gasteiger partial charge on any atom is 0.219 e. The lowest BCUT2D eigenvalue weighted by Gasteiger charge is -2.33. The lowest BCUT2D eigenvalue weighted by Crippen LogP contribution is -2.43. The van der Waals surface area contributed by atoms with Gasteiger partial charge in [0, 0.05) is 74.0 Å². The Morgan fingerprint density at radius 2 is 1.79 bits per heavy atom. The Balaban J connectivity index is 1.24. The summed E-state index contributed by atoms with van der Waals surface area (Å²) >= 11 is 18.4. The molecule has 39 heavy (non-hydrogen) atoms. The first kappa shape index (κ1) is 28.2. The van der Waals surface area contributed by atoms with Gasteiger partial charge in [-0.25, -0.2) is 0 Å². The Kier molecular flexibility index (Phi) is 8.74. The van der Waals surface area contributed by atoms with Crippen LogP contribution < -0.4 is 4.74 Å². The maximum absolute atomic E-state index is 12.1. The van der Waals surface area contributed by atoms with Crippen molar-refractivity contribution in [1.82, 2.24) is 19.6 Å². The highest BCUT2D eigenvalue weighted by atomic mass is 35.5. The van der Waals surface area contributed by atoms with E-state index in [1.807, 2.05) is 40.8 Å². The predicted octanol–water partition coefficient (Wildman–Crippen LogP) is 5.63. The molecule has 0 bridgehead atoms. The molecular formula is C29H33Cl3N4O3. The molecule has 0 radical (unpaired) electrons. The SMILES string of the molecule is CC(=O)N1CCc2c(c(-c3ccc(Cl)c(C)c3)nn2CC(O)CN2CCC(Oc3ccc(Cl)c(Cl)c3)CC2)C1. The molecule has 3 aromatic rings. The second kappa shape index (κ2) is 12.1. The molecule has 1 amide bonds. The van der Waals surface area contributed by atoms with Crippen molar-refractivity contribution in [3.63, 3.8) is 0 Å². The van der Waals surface area contributed by atoms with E-state index in [0.29, 0.717) is 47.7 Å². The van der Waals surface area contributed by atoms with E-state index in [4.69, 9.17) is 44.6 Å². The zero-order valence-corrected chi connectivity index (χ0v) is 24.4. The molecule has 2 aromatic carbocycles. The number of rotatable bonds is 7. The lowest BCUT2D eigenvalue weighted by atomic mass is 9.99. The summed E-state index contributed by atoms with van der Waals surface area (Å²) < 4.78 is 8.05. The number of β-amino-alcohol motifs (C(OH)–C–C–N with tert-alkyl or cyclic N) is 1. The van der Waals surface area contributed by atoms with Crippen LogP contribution in [0.1, 0.15) is 36.6 Å². The molecule has 0 saturated carbocycles. The van der Waals surface area contributed by atoms with E-state index in [9.17, 15) is 9.90 Å². The second-order valence-electron chi connectivity index (χ2n) is 10.5. The molecule has 1 saturated heterocycles. The molecule has 0 spiro atoms. The molecule has 10 heteroatoms. The fourth-order valence-corrected chi connectivity index (χ4v) is 5.85. The van der Waals surface area contributed by atoms with Crippen molar-refractivity contribution in [2.24, 2.45) is 0 Å². The van der Waals surface area contributed by atoms with Gasteiger partial charge in [-0.05, 0) is 49.6 Å². The van der Waals surface area contributed by atoms with Crippen molar-refractivity contribution in [3.8, 4) is 17.0 Å². The molecule has 3 heterocycles. The van der Waals surface area contributed by atoms with Gasteiger partial charge >= 0.3 is 0 Å². The highest BCUT2D eigenvalue weighted by molar-refractivity contribution is 6.42. The van der Waals surface area contributed by atoms with Crippen molar-refractivity contribution >= 4 is 40.7 Å². The molecule has 1 atom stereocenters. The van der Waals surface area contributed by atoms with Gasteiger partial charge in [-0.2, -0.15) is 5.10 Å². The average molecular weight is 592 g/mol. The third kappa shape index (κ3) is 6.55. The molecule has 2 aliphatic heterocycles. The van der Waals surface area contributed by atoms with Crippen molar-refractivity contribution in [1.29, 1.82) is 0 Å². The molecular weight excluding hydrogens is 559 g/mol. The van der Waals surface area contributed by atoms with Crippen molar-refractivity contribution in [2.45, 2.75) is 58.4 Å².